The van der Waals surface area contributed by atoms with Gasteiger partial charge >= 0.3 is 19.3 Å². The summed E-state index contributed by atoms with van der Waals surface area (Å²) in [5.74, 6) is 0. The molecule has 0 saturated carbocycles. The molecule has 0 spiro atoms. The second-order valence-corrected chi connectivity index (χ2v) is 29.4. The lowest BCUT2D eigenvalue weighted by molar-refractivity contribution is 0.00578. The summed E-state index contributed by atoms with van der Waals surface area (Å²) in [7, 11) is -7.76. The largest absolute Gasteiger partial charge is 0.490 e. The smallest absolute Gasteiger partial charge is 0.444 e. The number of benzene rings is 6. The molecule has 3 heterocycles. The van der Waals surface area contributed by atoms with Gasteiger partial charge in [0.1, 0.15) is 11.2 Å². The second-order valence-electron chi connectivity index (χ2n) is 25.3. The second kappa shape index (κ2) is 25.0. The Hall–Kier alpha value is -6.18. The van der Waals surface area contributed by atoms with Crippen molar-refractivity contribution < 1.29 is 45.2 Å². The molecule has 5 aliphatic rings. The minimum Gasteiger partial charge on any atom is -0.444 e. The van der Waals surface area contributed by atoms with E-state index in [9.17, 15) is 26.4 Å². The highest BCUT2D eigenvalue weighted by molar-refractivity contribution is 9.10. The average molecular weight is 1240 g/mol. The van der Waals surface area contributed by atoms with E-state index in [2.05, 4.69) is 25.4 Å². The number of ether oxygens (including phenoxy) is 2. The van der Waals surface area contributed by atoms with Crippen LogP contribution in [-0.2, 0) is 64.5 Å². The minimum atomic E-state index is -3.79. The lowest BCUT2D eigenvalue weighted by Gasteiger charge is -2.32. The Morgan fingerprint density at radius 3 is 1.42 bits per heavy atom. The normalized spacial score (nSPS) is 17.7. The number of aryl methyl sites for hydroxylation is 4. The number of carbonyl (C=O) groups is 2. The Morgan fingerprint density at radius 1 is 0.536 bits per heavy atom. The van der Waals surface area contributed by atoms with E-state index in [4.69, 9.17) is 18.8 Å². The molecule has 0 bridgehead atoms. The molecular weight excluding hydrogens is 1160 g/mol. The van der Waals surface area contributed by atoms with Crippen LogP contribution in [-0.4, -0.2) is 94.5 Å². The van der Waals surface area contributed by atoms with Crippen LogP contribution in [0.15, 0.2) is 141 Å². The summed E-state index contributed by atoms with van der Waals surface area (Å²) < 4.78 is 82.4. The number of hydrogen-bond acceptors (Lipinski definition) is 10. The molecule has 446 valence electrons. The van der Waals surface area contributed by atoms with Crippen molar-refractivity contribution >= 4 is 93.8 Å². The monoisotopic (exact) mass is 1240 g/mol. The van der Waals surface area contributed by atoms with Gasteiger partial charge in [-0.1, -0.05) is 94.8 Å². The first-order chi connectivity index (χ1) is 39.6. The maximum atomic E-state index is 13.5. The van der Waals surface area contributed by atoms with E-state index in [1.807, 2.05) is 172 Å². The molecule has 6 aromatic carbocycles. The van der Waals surface area contributed by atoms with Crippen LogP contribution in [0.4, 0.5) is 21.0 Å². The highest BCUT2D eigenvalue weighted by Crippen LogP contribution is 2.40. The zero-order valence-electron chi connectivity index (χ0n) is 50.2. The van der Waals surface area contributed by atoms with Gasteiger partial charge in [-0.25, -0.2) is 26.4 Å². The van der Waals surface area contributed by atoms with Crippen molar-refractivity contribution in [1.82, 2.24) is 9.80 Å². The Morgan fingerprint density at radius 2 is 0.964 bits per heavy atom. The standard InChI is InChI=1S/C30H34N2O4S.C20H18BrNO2S.C16H28BNO4/c1-30(2,3)36-29(33)32-18-16-22(17-19-32)25-14-15-28(27-11-7-6-10-26(25)27)37(34,35)31-24-13-12-21-8-4-5-9-23(21)20-24;21-19-11-12-20(18-8-4-3-7-17(18)19)25(23,24)22-16-10-9-14-5-1-2-6-15(14)13-16;1-14(2,3)20-13(19)18-10-8-12(9-11-18)17-21-15(4,5)16(6,7)22-17/h6-7,10-16,20,31H,4-5,8-9,17-19H2,1-3H3;3-4,7-13,22H,1-2,5-6H2;8H,9-11H2,1-7H3. The quantitative estimate of drug-likeness (QED) is 0.140. The number of anilines is 2. The van der Waals surface area contributed by atoms with E-state index in [-0.39, 0.29) is 35.4 Å². The number of nitrogens with zero attached hydrogens (tertiary/aromatic N) is 2. The van der Waals surface area contributed by atoms with Crippen molar-refractivity contribution in [2.45, 2.75) is 166 Å². The molecule has 0 aromatic heterocycles. The van der Waals surface area contributed by atoms with Gasteiger partial charge in [-0.2, -0.15) is 0 Å². The first-order valence-electron chi connectivity index (χ1n) is 29.2. The summed E-state index contributed by atoms with van der Waals surface area (Å²) in [6.45, 7) is 21.6. The predicted octanol–water partition coefficient (Wildman–Crippen LogP) is 15.0. The number of carbonyl (C=O) groups excluding carboxylic acids is 2. The van der Waals surface area contributed by atoms with Gasteiger partial charge in [-0.15, -0.1) is 0 Å². The number of amides is 2. The predicted molar refractivity (Wildman–Crippen MR) is 340 cm³/mol. The summed E-state index contributed by atoms with van der Waals surface area (Å²) in [5.41, 5.74) is 7.91. The maximum absolute atomic E-state index is 13.5. The van der Waals surface area contributed by atoms with Crippen molar-refractivity contribution in [3.8, 4) is 0 Å². The van der Waals surface area contributed by atoms with Gasteiger partial charge in [0.25, 0.3) is 20.0 Å². The molecule has 14 nitrogen and oxygen atoms in total. The van der Waals surface area contributed by atoms with Gasteiger partial charge in [0, 0.05) is 52.8 Å². The highest BCUT2D eigenvalue weighted by atomic mass is 79.9. The summed E-state index contributed by atoms with van der Waals surface area (Å²) in [6.07, 6.45) is 13.7. The molecular formula is C66H80BBrN4O10S2. The third-order valence-electron chi connectivity index (χ3n) is 16.2. The molecule has 6 aromatic rings. The maximum Gasteiger partial charge on any atom is 0.490 e. The first kappa shape index (κ1) is 62.4. The third kappa shape index (κ3) is 14.9. The molecule has 84 heavy (non-hydrogen) atoms. The Balaban J connectivity index is 0.000000158. The fourth-order valence-electron chi connectivity index (χ4n) is 11.1. The van der Waals surface area contributed by atoms with E-state index >= 15 is 0 Å². The Bertz CT molecular complexity index is 3740. The van der Waals surface area contributed by atoms with Crippen LogP contribution in [0.25, 0.3) is 27.1 Å². The summed E-state index contributed by atoms with van der Waals surface area (Å²) in [4.78, 5) is 28.5. The average Bonchev–Trinajstić information content (AvgIpc) is 2.33. The molecule has 2 aliphatic carbocycles. The van der Waals surface area contributed by atoms with Crippen molar-refractivity contribution in [3.05, 3.63) is 159 Å². The molecule has 0 radical (unpaired) electrons. The van der Waals surface area contributed by atoms with Crippen LogP contribution < -0.4 is 9.44 Å². The topological polar surface area (TPSA) is 170 Å². The number of fused-ring (bicyclic) bond motifs is 4. The zero-order valence-corrected chi connectivity index (χ0v) is 53.4. The van der Waals surface area contributed by atoms with E-state index in [1.54, 1.807) is 28.0 Å². The van der Waals surface area contributed by atoms with Gasteiger partial charge in [-0.05, 0) is 226 Å². The first-order valence-corrected chi connectivity index (χ1v) is 33.0. The SMILES string of the molecule is CC(C)(C)OC(=O)N1CC=C(B2OC(C)(C)C(C)(C)O2)CC1.CC(C)(C)OC(=O)N1CC=C(c2ccc(S(=O)(=O)Nc3ccc4c(c3)CCCC4)c3ccccc23)CC1.O=S(=O)(Nc1ccc2c(c1)CCCC2)c1ccc(Br)c2ccccc12. The number of hydrogen-bond donors (Lipinski definition) is 2. The van der Waals surface area contributed by atoms with Crippen LogP contribution in [0.3, 0.4) is 0 Å². The van der Waals surface area contributed by atoms with Crippen LogP contribution in [0.1, 0.15) is 136 Å². The fraction of sp³-hybridized carbons (Fsp3) is 0.424. The van der Waals surface area contributed by atoms with Gasteiger partial charge in [-0.3, -0.25) is 9.44 Å². The molecule has 0 atom stereocenters. The number of nitrogens with one attached hydrogen (secondary N) is 2. The van der Waals surface area contributed by atoms with E-state index in [0.29, 0.717) is 59.6 Å². The lowest BCUT2D eigenvalue weighted by atomic mass is 9.75. The molecule has 0 unspecified atom stereocenters. The number of rotatable bonds is 8. The molecule has 1 fully saturated rings. The van der Waals surface area contributed by atoms with E-state index in [0.717, 1.165) is 70.4 Å². The fourth-order valence-corrected chi connectivity index (χ4v) is 14.1. The van der Waals surface area contributed by atoms with Crippen molar-refractivity contribution in [2.24, 2.45) is 0 Å². The molecule has 3 aliphatic heterocycles. The zero-order chi connectivity index (χ0) is 60.4. The third-order valence-corrected chi connectivity index (χ3v) is 19.7. The molecule has 2 amide bonds. The summed E-state index contributed by atoms with van der Waals surface area (Å²) in [5, 5.41) is 3.16. The van der Waals surface area contributed by atoms with Gasteiger partial charge in [0.05, 0.1) is 21.0 Å². The number of halogens is 1. The van der Waals surface area contributed by atoms with Crippen molar-refractivity contribution in [2.75, 3.05) is 35.6 Å². The van der Waals surface area contributed by atoms with Gasteiger partial charge < -0.3 is 28.6 Å². The van der Waals surface area contributed by atoms with E-state index in [1.165, 1.54) is 41.5 Å². The Labute approximate surface area is 506 Å². The van der Waals surface area contributed by atoms with Crippen molar-refractivity contribution in [1.29, 1.82) is 0 Å². The molecule has 1 saturated heterocycles. The molecule has 2 N–H and O–H groups in total. The van der Waals surface area contributed by atoms with Gasteiger partial charge in [0.2, 0.25) is 0 Å². The van der Waals surface area contributed by atoms with Crippen molar-refractivity contribution in [3.63, 3.8) is 0 Å². The van der Waals surface area contributed by atoms with Crippen LogP contribution in [0, 0.1) is 0 Å². The minimum absolute atomic E-state index is 0.261. The van der Waals surface area contributed by atoms with Gasteiger partial charge in [0.15, 0.2) is 0 Å². The molecule has 11 rings (SSSR count). The van der Waals surface area contributed by atoms with E-state index < -0.39 is 31.2 Å². The summed E-state index contributed by atoms with van der Waals surface area (Å²) >= 11 is 3.49. The summed E-state index contributed by atoms with van der Waals surface area (Å²) in [6, 6.07) is 33.9. The van der Waals surface area contributed by atoms with Crippen LogP contribution >= 0.6 is 15.9 Å². The molecule has 18 heteroatoms. The lowest BCUT2D eigenvalue weighted by Crippen LogP contribution is -2.41. The Kier molecular flexibility index (Phi) is 18.6. The highest BCUT2D eigenvalue weighted by Gasteiger charge is 2.52. The van der Waals surface area contributed by atoms with Crippen LogP contribution in [0.5, 0.6) is 0 Å². The van der Waals surface area contributed by atoms with Crippen LogP contribution in [0.2, 0.25) is 0 Å². The number of sulfonamides is 2.